The molecule has 0 radical (unpaired) electrons. The van der Waals surface area contributed by atoms with Crippen LogP contribution in [0.5, 0.6) is 0 Å². The maximum Gasteiger partial charge on any atom is 0.243 e. The summed E-state index contributed by atoms with van der Waals surface area (Å²) in [6, 6.07) is -0.145. The van der Waals surface area contributed by atoms with Crippen LogP contribution >= 0.6 is 11.8 Å². The molecule has 1 aliphatic heterocycles. The minimum absolute atomic E-state index is 0.145. The van der Waals surface area contributed by atoms with Gasteiger partial charge in [-0.3, -0.25) is 0 Å². The zero-order chi connectivity index (χ0) is 12.1. The Bertz CT molecular complexity index is 339. The van der Waals surface area contributed by atoms with Crippen molar-refractivity contribution in [1.82, 2.24) is 10.1 Å². The zero-order valence-electron chi connectivity index (χ0n) is 10.1. The van der Waals surface area contributed by atoms with Crippen LogP contribution in [0.1, 0.15) is 42.9 Å². The lowest BCUT2D eigenvalue weighted by Crippen LogP contribution is -2.17. The Labute approximate surface area is 105 Å². The Hall–Kier alpha value is -0.590. The van der Waals surface area contributed by atoms with Crippen LogP contribution in [-0.2, 0) is 4.74 Å². The SMILES string of the molecule is CSCC[C@@H](N)c1nc(C2CCCOC2)no1. The van der Waals surface area contributed by atoms with Gasteiger partial charge in [0.15, 0.2) is 5.82 Å². The average molecular weight is 257 g/mol. The van der Waals surface area contributed by atoms with Crippen molar-refractivity contribution in [3.63, 3.8) is 0 Å². The van der Waals surface area contributed by atoms with Crippen molar-refractivity contribution in [3.05, 3.63) is 11.7 Å². The van der Waals surface area contributed by atoms with Gasteiger partial charge in [0.1, 0.15) is 0 Å². The second-order valence-electron chi connectivity index (χ2n) is 4.29. The van der Waals surface area contributed by atoms with Crippen molar-refractivity contribution in [1.29, 1.82) is 0 Å². The van der Waals surface area contributed by atoms with E-state index in [1.165, 1.54) is 0 Å². The van der Waals surface area contributed by atoms with E-state index in [-0.39, 0.29) is 12.0 Å². The van der Waals surface area contributed by atoms with Crippen molar-refractivity contribution < 1.29 is 9.26 Å². The minimum Gasteiger partial charge on any atom is -0.381 e. The standard InChI is InChI=1S/C11H19N3O2S/c1-17-6-4-9(12)11-13-10(14-16-11)8-3-2-5-15-7-8/h8-9H,2-7,12H2,1H3/t8?,9-/m1/s1. The number of thioether (sulfide) groups is 1. The van der Waals surface area contributed by atoms with Crippen LogP contribution in [0.25, 0.3) is 0 Å². The summed E-state index contributed by atoms with van der Waals surface area (Å²) in [6.45, 7) is 1.54. The first-order chi connectivity index (χ1) is 8.31. The lowest BCUT2D eigenvalue weighted by molar-refractivity contribution is 0.0773. The summed E-state index contributed by atoms with van der Waals surface area (Å²) in [5.41, 5.74) is 5.98. The van der Waals surface area contributed by atoms with E-state index >= 15 is 0 Å². The van der Waals surface area contributed by atoms with Gasteiger partial charge in [0.25, 0.3) is 0 Å². The van der Waals surface area contributed by atoms with Crippen LogP contribution in [0.2, 0.25) is 0 Å². The molecular formula is C11H19N3O2S. The topological polar surface area (TPSA) is 74.2 Å². The first kappa shape index (κ1) is 12.9. The predicted molar refractivity (Wildman–Crippen MR) is 67.0 cm³/mol. The summed E-state index contributed by atoms with van der Waals surface area (Å²) in [5, 5.41) is 4.02. The highest BCUT2D eigenvalue weighted by Crippen LogP contribution is 2.24. The van der Waals surface area contributed by atoms with Crippen LogP contribution in [-0.4, -0.2) is 35.4 Å². The van der Waals surface area contributed by atoms with Gasteiger partial charge < -0.3 is 15.0 Å². The van der Waals surface area contributed by atoms with Gasteiger partial charge >= 0.3 is 0 Å². The molecule has 1 aromatic heterocycles. The predicted octanol–water partition coefficient (Wildman–Crippen LogP) is 1.72. The Balaban J connectivity index is 1.94. The molecular weight excluding hydrogens is 238 g/mol. The zero-order valence-corrected chi connectivity index (χ0v) is 10.9. The number of hydrogen-bond acceptors (Lipinski definition) is 6. The minimum atomic E-state index is -0.145. The van der Waals surface area contributed by atoms with Crippen LogP contribution in [0.3, 0.4) is 0 Å². The Morgan fingerprint density at radius 3 is 3.18 bits per heavy atom. The summed E-state index contributed by atoms with van der Waals surface area (Å²) < 4.78 is 10.6. The van der Waals surface area contributed by atoms with E-state index in [0.29, 0.717) is 12.5 Å². The number of aromatic nitrogens is 2. The summed E-state index contributed by atoms with van der Waals surface area (Å²) in [4.78, 5) is 4.39. The first-order valence-electron chi connectivity index (χ1n) is 5.97. The van der Waals surface area contributed by atoms with Gasteiger partial charge in [-0.2, -0.15) is 16.7 Å². The third-order valence-corrected chi connectivity index (χ3v) is 3.58. The van der Waals surface area contributed by atoms with Crippen molar-refractivity contribution in [3.8, 4) is 0 Å². The molecule has 2 heterocycles. The molecule has 1 aromatic rings. The quantitative estimate of drug-likeness (QED) is 0.865. The number of rotatable bonds is 5. The van der Waals surface area contributed by atoms with E-state index in [0.717, 1.165) is 37.4 Å². The van der Waals surface area contributed by atoms with Crippen LogP contribution in [0, 0.1) is 0 Å². The number of nitrogens with zero attached hydrogens (tertiary/aromatic N) is 2. The van der Waals surface area contributed by atoms with E-state index in [1.54, 1.807) is 11.8 Å². The number of ether oxygens (including phenoxy) is 1. The smallest absolute Gasteiger partial charge is 0.243 e. The second-order valence-corrected chi connectivity index (χ2v) is 5.28. The molecule has 96 valence electrons. The number of nitrogens with two attached hydrogens (primary N) is 1. The van der Waals surface area contributed by atoms with Crippen LogP contribution in [0.15, 0.2) is 4.52 Å². The molecule has 1 fully saturated rings. The molecule has 17 heavy (non-hydrogen) atoms. The summed E-state index contributed by atoms with van der Waals surface area (Å²) in [5.74, 6) is 2.58. The fourth-order valence-electron chi connectivity index (χ4n) is 1.88. The van der Waals surface area contributed by atoms with E-state index in [4.69, 9.17) is 15.0 Å². The third kappa shape index (κ3) is 3.43. The van der Waals surface area contributed by atoms with Crippen molar-refractivity contribution >= 4 is 11.8 Å². The van der Waals surface area contributed by atoms with Gasteiger partial charge in [0.05, 0.1) is 12.6 Å². The second kappa shape index (κ2) is 6.37. The molecule has 2 N–H and O–H groups in total. The lowest BCUT2D eigenvalue weighted by Gasteiger charge is -2.18. The molecule has 0 aromatic carbocycles. The van der Waals surface area contributed by atoms with E-state index in [2.05, 4.69) is 16.4 Å². The summed E-state index contributed by atoms with van der Waals surface area (Å²) >= 11 is 1.77. The van der Waals surface area contributed by atoms with Crippen LogP contribution < -0.4 is 5.73 Å². The maximum absolute atomic E-state index is 5.98. The number of hydrogen-bond donors (Lipinski definition) is 1. The molecule has 0 aliphatic carbocycles. The average Bonchev–Trinajstić information content (AvgIpc) is 2.86. The van der Waals surface area contributed by atoms with Crippen LogP contribution in [0.4, 0.5) is 0 Å². The van der Waals surface area contributed by atoms with Gasteiger partial charge in [0, 0.05) is 12.5 Å². The van der Waals surface area contributed by atoms with Gasteiger partial charge in [-0.05, 0) is 31.3 Å². The van der Waals surface area contributed by atoms with E-state index in [9.17, 15) is 0 Å². The normalized spacial score (nSPS) is 22.6. The Kier molecular flexibility index (Phi) is 4.82. The Morgan fingerprint density at radius 1 is 1.59 bits per heavy atom. The fourth-order valence-corrected chi connectivity index (χ4v) is 2.37. The molecule has 6 heteroatoms. The molecule has 0 amide bonds. The molecule has 2 rings (SSSR count). The molecule has 0 bridgehead atoms. The molecule has 2 atom stereocenters. The fraction of sp³-hybridized carbons (Fsp3) is 0.818. The summed E-state index contributed by atoms with van der Waals surface area (Å²) in [7, 11) is 0. The first-order valence-corrected chi connectivity index (χ1v) is 7.36. The lowest BCUT2D eigenvalue weighted by atomic mass is 10.0. The van der Waals surface area contributed by atoms with Gasteiger partial charge in [-0.25, -0.2) is 0 Å². The van der Waals surface area contributed by atoms with Gasteiger partial charge in [-0.15, -0.1) is 0 Å². The highest BCUT2D eigenvalue weighted by Gasteiger charge is 2.23. The monoisotopic (exact) mass is 257 g/mol. The molecule has 0 saturated carbocycles. The maximum atomic E-state index is 5.98. The molecule has 1 saturated heterocycles. The molecule has 5 nitrogen and oxygen atoms in total. The largest absolute Gasteiger partial charge is 0.381 e. The molecule has 0 spiro atoms. The molecule has 1 unspecified atom stereocenters. The van der Waals surface area contributed by atoms with Crippen molar-refractivity contribution in [2.75, 3.05) is 25.2 Å². The highest BCUT2D eigenvalue weighted by atomic mass is 32.2. The summed E-state index contributed by atoms with van der Waals surface area (Å²) in [6.07, 6.45) is 5.06. The third-order valence-electron chi connectivity index (χ3n) is 2.93. The Morgan fingerprint density at radius 2 is 2.47 bits per heavy atom. The van der Waals surface area contributed by atoms with Crippen molar-refractivity contribution in [2.45, 2.75) is 31.2 Å². The van der Waals surface area contributed by atoms with Gasteiger partial charge in [0.2, 0.25) is 5.89 Å². The highest BCUT2D eigenvalue weighted by molar-refractivity contribution is 7.98. The molecule has 1 aliphatic rings. The van der Waals surface area contributed by atoms with E-state index < -0.39 is 0 Å². The van der Waals surface area contributed by atoms with E-state index in [1.807, 2.05) is 0 Å². The van der Waals surface area contributed by atoms with Crippen molar-refractivity contribution in [2.24, 2.45) is 5.73 Å². The van der Waals surface area contributed by atoms with Gasteiger partial charge in [-0.1, -0.05) is 5.16 Å².